The van der Waals surface area contributed by atoms with Crippen LogP contribution in [0.25, 0.3) is 50.0 Å². The maximum Gasteiger partial charge on any atom is 0.127 e. The minimum atomic E-state index is -0.519. The van der Waals surface area contributed by atoms with Crippen LogP contribution in [0.1, 0.15) is 12.6 Å². The smallest absolute Gasteiger partial charge is 0.127 e. The van der Waals surface area contributed by atoms with Crippen molar-refractivity contribution in [2.75, 3.05) is 0 Å². The molecule has 3 N–H and O–H groups in total. The average Bonchev–Trinajstić information content (AvgIpc) is 3.42. The van der Waals surface area contributed by atoms with Crippen molar-refractivity contribution in [1.29, 1.82) is 0 Å². The molecule has 0 saturated heterocycles. The Morgan fingerprint density at radius 3 is 2.76 bits per heavy atom. The number of benzene rings is 1. The Morgan fingerprint density at radius 2 is 1.97 bits per heavy atom. The van der Waals surface area contributed by atoms with Crippen LogP contribution in [0.2, 0.25) is 0 Å². The Hall–Kier alpha value is -4.59. The zero-order valence-electron chi connectivity index (χ0n) is 17.7. The van der Waals surface area contributed by atoms with Crippen LogP contribution in [-0.2, 0) is 0 Å². The van der Waals surface area contributed by atoms with Crippen LogP contribution < -0.4 is 0 Å². The van der Waals surface area contributed by atoms with Crippen LogP contribution in [0, 0.1) is 5.82 Å². The van der Waals surface area contributed by atoms with Gasteiger partial charge in [0.15, 0.2) is 0 Å². The normalized spacial score (nSPS) is 12.2. The lowest BCUT2D eigenvalue weighted by atomic mass is 10.0. The summed E-state index contributed by atoms with van der Waals surface area (Å²) < 4.78 is 13.9. The van der Waals surface area contributed by atoms with E-state index >= 15 is 0 Å². The third-order valence-electron chi connectivity index (χ3n) is 5.30. The monoisotopic (exact) mass is 438 g/mol. The van der Waals surface area contributed by atoms with Gasteiger partial charge in [-0.05, 0) is 36.8 Å². The lowest BCUT2D eigenvalue weighted by Gasteiger charge is -2.04. The quantitative estimate of drug-likeness (QED) is 0.309. The molecule has 33 heavy (non-hydrogen) atoms. The maximum atomic E-state index is 13.9. The van der Waals surface area contributed by atoms with Gasteiger partial charge in [-0.15, -0.1) is 0 Å². The van der Waals surface area contributed by atoms with Crippen LogP contribution in [-0.4, -0.2) is 36.5 Å². The summed E-state index contributed by atoms with van der Waals surface area (Å²) in [7, 11) is 0. The second-order valence-corrected chi connectivity index (χ2v) is 7.40. The number of pyridine rings is 2. The highest BCUT2D eigenvalue weighted by Gasteiger charge is 2.16. The molecule has 0 saturated carbocycles. The molecule has 4 heterocycles. The summed E-state index contributed by atoms with van der Waals surface area (Å²) in [4.78, 5) is 16.5. The van der Waals surface area contributed by atoms with E-state index in [1.807, 2.05) is 25.1 Å². The van der Waals surface area contributed by atoms with E-state index in [-0.39, 0.29) is 5.75 Å². The molecular formula is C25H19FN6O. The van der Waals surface area contributed by atoms with Gasteiger partial charge in [0.1, 0.15) is 17.3 Å². The summed E-state index contributed by atoms with van der Waals surface area (Å²) in [5.41, 5.74) is 5.68. The van der Waals surface area contributed by atoms with Gasteiger partial charge in [0.25, 0.3) is 0 Å². The molecule has 0 atom stereocenters. The first-order valence-electron chi connectivity index (χ1n) is 10.2. The number of aromatic nitrogens is 5. The molecule has 0 unspecified atom stereocenters. The molecular weight excluding hydrogens is 419 g/mol. The highest BCUT2D eigenvalue weighted by molar-refractivity contribution is 6.01. The summed E-state index contributed by atoms with van der Waals surface area (Å²) in [6.45, 7) is 5.56. The first-order chi connectivity index (χ1) is 16.1. The van der Waals surface area contributed by atoms with Crippen LogP contribution in [0.15, 0.2) is 72.6 Å². The molecule has 0 aliphatic carbocycles. The Kier molecular flexibility index (Phi) is 5.02. The van der Waals surface area contributed by atoms with Crippen molar-refractivity contribution in [1.82, 2.24) is 25.1 Å². The van der Waals surface area contributed by atoms with Crippen LogP contribution in [0.4, 0.5) is 4.39 Å². The Balaban J connectivity index is 1.65. The molecule has 0 aliphatic rings. The molecule has 7 nitrogen and oxygen atoms in total. The molecule has 0 fully saturated rings. The van der Waals surface area contributed by atoms with Gasteiger partial charge in [-0.1, -0.05) is 18.7 Å². The summed E-state index contributed by atoms with van der Waals surface area (Å²) in [6, 6.07) is 7.82. The van der Waals surface area contributed by atoms with Crippen molar-refractivity contribution in [3.05, 3.63) is 79.2 Å². The van der Waals surface area contributed by atoms with Crippen LogP contribution >= 0.6 is 0 Å². The van der Waals surface area contributed by atoms with Gasteiger partial charge in [-0.2, -0.15) is 5.10 Å². The third-order valence-corrected chi connectivity index (χ3v) is 5.30. The number of aliphatic imine (C=N–C) groups is 1. The van der Waals surface area contributed by atoms with Gasteiger partial charge >= 0.3 is 0 Å². The van der Waals surface area contributed by atoms with E-state index < -0.39 is 5.82 Å². The molecule has 4 aromatic heterocycles. The number of nitrogens with zero attached hydrogens (tertiary/aromatic N) is 4. The number of fused-ring (bicyclic) bond motifs is 2. The number of hydrogen-bond acceptors (Lipinski definition) is 5. The molecule has 5 rings (SSSR count). The van der Waals surface area contributed by atoms with E-state index in [2.05, 4.69) is 36.7 Å². The van der Waals surface area contributed by atoms with E-state index in [0.29, 0.717) is 22.5 Å². The predicted molar refractivity (Wildman–Crippen MR) is 128 cm³/mol. The van der Waals surface area contributed by atoms with E-state index in [0.717, 1.165) is 39.3 Å². The largest absolute Gasteiger partial charge is 0.508 e. The predicted octanol–water partition coefficient (Wildman–Crippen LogP) is 5.63. The number of halogens is 1. The fourth-order valence-corrected chi connectivity index (χ4v) is 3.82. The number of phenols is 1. The van der Waals surface area contributed by atoms with Gasteiger partial charge in [0.2, 0.25) is 0 Å². The minimum Gasteiger partial charge on any atom is -0.508 e. The van der Waals surface area contributed by atoms with Gasteiger partial charge in [0.05, 0.1) is 40.5 Å². The van der Waals surface area contributed by atoms with Crippen LogP contribution in [0.3, 0.4) is 0 Å². The Labute approximate surface area is 188 Å². The number of nitrogens with one attached hydrogen (secondary N) is 2. The molecule has 0 spiro atoms. The van der Waals surface area contributed by atoms with Gasteiger partial charge in [-0.3, -0.25) is 20.1 Å². The fourth-order valence-electron chi connectivity index (χ4n) is 3.82. The maximum absolute atomic E-state index is 13.9. The van der Waals surface area contributed by atoms with E-state index in [9.17, 15) is 9.50 Å². The molecule has 0 radical (unpaired) electrons. The van der Waals surface area contributed by atoms with Crippen molar-refractivity contribution < 1.29 is 9.50 Å². The van der Waals surface area contributed by atoms with Gasteiger partial charge in [0, 0.05) is 34.8 Å². The first kappa shape index (κ1) is 20.3. The lowest BCUT2D eigenvalue weighted by molar-refractivity contribution is 0.469. The number of aromatic hydroxyl groups is 1. The summed E-state index contributed by atoms with van der Waals surface area (Å²) in [5, 5.41) is 19.0. The molecule has 0 amide bonds. The number of hydrogen-bond donors (Lipinski definition) is 3. The van der Waals surface area contributed by atoms with E-state index in [4.69, 9.17) is 0 Å². The van der Waals surface area contributed by atoms with Crippen molar-refractivity contribution in [2.24, 2.45) is 4.99 Å². The summed E-state index contributed by atoms with van der Waals surface area (Å²) in [6.07, 6.45) is 10.2. The SMILES string of the molecule is C=C/C=N\C(=C/C)c1cc2c(-c3cc4c(-c5cc(O)cc(F)c5)cncc4[nH]3)n[nH]c2cn1. The third kappa shape index (κ3) is 3.67. The average molecular weight is 438 g/mol. The molecule has 5 aromatic rings. The Morgan fingerprint density at radius 1 is 1.09 bits per heavy atom. The Bertz CT molecular complexity index is 1560. The second-order valence-electron chi connectivity index (χ2n) is 7.40. The number of rotatable bonds is 5. The lowest BCUT2D eigenvalue weighted by Crippen LogP contribution is -1.88. The molecule has 8 heteroatoms. The van der Waals surface area contributed by atoms with Crippen molar-refractivity contribution in [3.63, 3.8) is 0 Å². The number of allylic oxidation sites excluding steroid dienone is 2. The van der Waals surface area contributed by atoms with Crippen molar-refractivity contribution in [2.45, 2.75) is 6.92 Å². The molecule has 0 aliphatic heterocycles. The number of aromatic amines is 2. The number of H-pyrrole nitrogens is 2. The molecule has 162 valence electrons. The number of phenolic OH excluding ortho intramolecular Hbond substituents is 1. The fraction of sp³-hybridized carbons (Fsp3) is 0.0400. The standard InChI is InChI=1S/C25H19FN6O/c1-3-5-28-20(4-2)21-10-18-24(13-29-21)31-32-25(18)22-9-17-19(11-27-12-23(17)30-22)14-6-15(26)8-16(33)7-14/h3-13,30,33H,1H2,2H3,(H,31,32)/b20-4-,28-5-. The first-order valence-corrected chi connectivity index (χ1v) is 10.2. The topological polar surface area (TPSA) is 103 Å². The molecule has 1 aromatic carbocycles. The highest BCUT2D eigenvalue weighted by Crippen LogP contribution is 2.35. The summed E-state index contributed by atoms with van der Waals surface area (Å²) >= 11 is 0. The van der Waals surface area contributed by atoms with Crippen LogP contribution in [0.5, 0.6) is 5.75 Å². The van der Waals surface area contributed by atoms with E-state index in [1.54, 1.807) is 30.9 Å². The highest BCUT2D eigenvalue weighted by atomic mass is 19.1. The van der Waals surface area contributed by atoms with E-state index in [1.165, 1.54) is 12.1 Å². The molecule has 0 bridgehead atoms. The zero-order valence-corrected chi connectivity index (χ0v) is 17.7. The minimum absolute atomic E-state index is 0.144. The zero-order chi connectivity index (χ0) is 22.9. The second kappa shape index (κ2) is 8.16. The summed E-state index contributed by atoms with van der Waals surface area (Å²) in [5.74, 6) is -0.662. The van der Waals surface area contributed by atoms with Crippen molar-refractivity contribution in [3.8, 4) is 28.3 Å². The van der Waals surface area contributed by atoms with Gasteiger partial charge in [-0.25, -0.2) is 4.39 Å². The van der Waals surface area contributed by atoms with Gasteiger partial charge < -0.3 is 10.1 Å². The van der Waals surface area contributed by atoms with Crippen molar-refractivity contribution >= 4 is 33.7 Å².